The highest BCUT2D eigenvalue weighted by Crippen LogP contribution is 2.20. The third kappa shape index (κ3) is 6.34. The topological polar surface area (TPSA) is 102 Å². The second kappa shape index (κ2) is 10.7. The lowest BCUT2D eigenvalue weighted by atomic mass is 10.1. The molecular weight excluding hydrogens is 440 g/mol. The molecule has 1 saturated heterocycles. The highest BCUT2D eigenvalue weighted by molar-refractivity contribution is 7.89. The lowest BCUT2D eigenvalue weighted by Gasteiger charge is -2.26. The lowest BCUT2D eigenvalue weighted by Crippen LogP contribution is -2.40. The molecule has 0 amide bonds. The standard InChI is InChI=1S/C21H28N2O6S2/c1-18(19-6-3-2-4-7-19)29-15-5-12-22-30(24,25)20-8-10-21(11-9-20)31(26,27)23-13-16-28-17-14-23/h2-4,6-11,18,22H,5,12-17H2,1H3. The Bertz CT molecular complexity index is 1040. The van der Waals surface area contributed by atoms with Gasteiger partial charge in [0, 0.05) is 26.2 Å². The molecular formula is C21H28N2O6S2. The Hall–Kier alpha value is -1.82. The van der Waals surface area contributed by atoms with Gasteiger partial charge in [0.1, 0.15) is 0 Å². The summed E-state index contributed by atoms with van der Waals surface area (Å²) in [5.74, 6) is 0. The Morgan fingerprint density at radius 2 is 1.58 bits per heavy atom. The Morgan fingerprint density at radius 3 is 2.23 bits per heavy atom. The van der Waals surface area contributed by atoms with Crippen molar-refractivity contribution in [2.75, 3.05) is 39.5 Å². The molecule has 1 N–H and O–H groups in total. The number of sulfonamides is 2. The molecule has 2 aromatic carbocycles. The Kier molecular flexibility index (Phi) is 8.20. The molecule has 1 aliphatic heterocycles. The van der Waals surface area contributed by atoms with Gasteiger partial charge in [-0.25, -0.2) is 21.6 Å². The van der Waals surface area contributed by atoms with Crippen LogP contribution < -0.4 is 4.72 Å². The maximum absolute atomic E-state index is 12.6. The molecule has 1 fully saturated rings. The maximum Gasteiger partial charge on any atom is 0.243 e. The monoisotopic (exact) mass is 468 g/mol. The molecule has 8 nitrogen and oxygen atoms in total. The summed E-state index contributed by atoms with van der Waals surface area (Å²) in [6.45, 7) is 3.86. The summed E-state index contributed by atoms with van der Waals surface area (Å²) < 4.78 is 65.0. The Morgan fingerprint density at radius 1 is 0.968 bits per heavy atom. The van der Waals surface area contributed by atoms with E-state index < -0.39 is 20.0 Å². The summed E-state index contributed by atoms with van der Waals surface area (Å²) in [5.41, 5.74) is 1.07. The number of rotatable bonds is 10. The van der Waals surface area contributed by atoms with Gasteiger partial charge in [-0.1, -0.05) is 30.3 Å². The van der Waals surface area contributed by atoms with Crippen LogP contribution in [0.4, 0.5) is 0 Å². The molecule has 31 heavy (non-hydrogen) atoms. The minimum Gasteiger partial charge on any atom is -0.379 e. The zero-order valence-corrected chi connectivity index (χ0v) is 19.1. The molecule has 10 heteroatoms. The van der Waals surface area contributed by atoms with Crippen molar-refractivity contribution in [1.82, 2.24) is 9.03 Å². The first kappa shape index (κ1) is 23.8. The number of hydrogen-bond donors (Lipinski definition) is 1. The summed E-state index contributed by atoms with van der Waals surface area (Å²) in [5, 5.41) is 0. The lowest BCUT2D eigenvalue weighted by molar-refractivity contribution is 0.0647. The van der Waals surface area contributed by atoms with Gasteiger partial charge in [0.05, 0.1) is 29.1 Å². The molecule has 3 rings (SSSR count). The van der Waals surface area contributed by atoms with E-state index in [4.69, 9.17) is 9.47 Å². The normalized spacial score (nSPS) is 16.8. The number of hydrogen-bond acceptors (Lipinski definition) is 6. The fourth-order valence-corrected chi connectivity index (χ4v) is 5.65. The van der Waals surface area contributed by atoms with E-state index in [1.165, 1.54) is 28.6 Å². The van der Waals surface area contributed by atoms with Gasteiger partial charge in [0.25, 0.3) is 0 Å². The summed E-state index contributed by atoms with van der Waals surface area (Å²) in [7, 11) is -7.39. The molecule has 0 aliphatic carbocycles. The molecule has 1 heterocycles. The Labute approximate surface area is 184 Å². The molecule has 0 bridgehead atoms. The minimum atomic E-state index is -3.73. The van der Waals surface area contributed by atoms with Crippen LogP contribution in [0.5, 0.6) is 0 Å². The fraction of sp³-hybridized carbons (Fsp3) is 0.429. The average molecular weight is 469 g/mol. The molecule has 0 aromatic heterocycles. The third-order valence-corrected chi connectivity index (χ3v) is 8.38. The van der Waals surface area contributed by atoms with E-state index in [9.17, 15) is 16.8 Å². The molecule has 0 radical (unpaired) electrons. The fourth-order valence-electron chi connectivity index (χ4n) is 3.17. The van der Waals surface area contributed by atoms with Crippen molar-refractivity contribution in [2.24, 2.45) is 0 Å². The quantitative estimate of drug-likeness (QED) is 0.536. The second-order valence-corrected chi connectivity index (χ2v) is 10.9. The van der Waals surface area contributed by atoms with Crippen molar-refractivity contribution in [3.05, 3.63) is 60.2 Å². The number of nitrogens with one attached hydrogen (secondary N) is 1. The predicted octanol–water partition coefficient (Wildman–Crippen LogP) is 2.15. The number of nitrogens with zero attached hydrogens (tertiary/aromatic N) is 1. The van der Waals surface area contributed by atoms with Crippen molar-refractivity contribution in [3.63, 3.8) is 0 Å². The van der Waals surface area contributed by atoms with Gasteiger partial charge < -0.3 is 9.47 Å². The van der Waals surface area contributed by atoms with E-state index in [0.29, 0.717) is 26.2 Å². The summed E-state index contributed by atoms with van der Waals surface area (Å²) in [4.78, 5) is 0.0867. The van der Waals surface area contributed by atoms with E-state index in [1.54, 1.807) is 0 Å². The molecule has 170 valence electrons. The predicted molar refractivity (Wildman–Crippen MR) is 117 cm³/mol. The first-order valence-electron chi connectivity index (χ1n) is 10.1. The third-order valence-electron chi connectivity index (χ3n) is 4.99. The second-order valence-electron chi connectivity index (χ2n) is 7.16. The van der Waals surface area contributed by atoms with Gasteiger partial charge >= 0.3 is 0 Å². The van der Waals surface area contributed by atoms with Crippen LogP contribution >= 0.6 is 0 Å². The van der Waals surface area contributed by atoms with E-state index >= 15 is 0 Å². The van der Waals surface area contributed by atoms with Crippen molar-refractivity contribution in [1.29, 1.82) is 0 Å². The molecule has 1 atom stereocenters. The molecule has 1 aliphatic rings. The van der Waals surface area contributed by atoms with Crippen molar-refractivity contribution < 1.29 is 26.3 Å². The largest absolute Gasteiger partial charge is 0.379 e. The van der Waals surface area contributed by atoms with Crippen LogP contribution in [0.25, 0.3) is 0 Å². The zero-order chi connectivity index (χ0) is 22.3. The first-order chi connectivity index (χ1) is 14.8. The molecule has 0 spiro atoms. The molecule has 0 saturated carbocycles. The van der Waals surface area contributed by atoms with E-state index in [0.717, 1.165) is 5.56 Å². The smallest absolute Gasteiger partial charge is 0.243 e. The number of morpholine rings is 1. The number of ether oxygens (including phenoxy) is 2. The van der Waals surface area contributed by atoms with E-state index in [-0.39, 0.29) is 35.5 Å². The highest BCUT2D eigenvalue weighted by atomic mass is 32.2. The van der Waals surface area contributed by atoms with Gasteiger partial charge in [0.15, 0.2) is 0 Å². The first-order valence-corrected chi connectivity index (χ1v) is 13.1. The van der Waals surface area contributed by atoms with Gasteiger partial charge in [0.2, 0.25) is 20.0 Å². The van der Waals surface area contributed by atoms with Crippen molar-refractivity contribution in [3.8, 4) is 0 Å². The van der Waals surface area contributed by atoms with Crippen LogP contribution in [-0.4, -0.2) is 60.6 Å². The number of benzene rings is 2. The van der Waals surface area contributed by atoms with Crippen LogP contribution in [0, 0.1) is 0 Å². The Balaban J connectivity index is 1.50. The summed E-state index contributed by atoms with van der Waals surface area (Å²) in [6.07, 6.45) is 0.443. The minimum absolute atomic E-state index is 0.0204. The maximum atomic E-state index is 12.6. The zero-order valence-electron chi connectivity index (χ0n) is 17.4. The van der Waals surface area contributed by atoms with Gasteiger partial charge in [-0.2, -0.15) is 4.31 Å². The average Bonchev–Trinajstić information content (AvgIpc) is 2.80. The van der Waals surface area contributed by atoms with Crippen LogP contribution in [0.3, 0.4) is 0 Å². The van der Waals surface area contributed by atoms with Crippen molar-refractivity contribution >= 4 is 20.0 Å². The van der Waals surface area contributed by atoms with Crippen molar-refractivity contribution in [2.45, 2.75) is 29.2 Å². The summed E-state index contributed by atoms with van der Waals surface area (Å²) in [6, 6.07) is 15.1. The SMILES string of the molecule is CC(OCCCNS(=O)(=O)c1ccc(S(=O)(=O)N2CCOCC2)cc1)c1ccccc1. The van der Waals surface area contributed by atoms with Crippen LogP contribution in [0.2, 0.25) is 0 Å². The van der Waals surface area contributed by atoms with Crippen LogP contribution in [0.1, 0.15) is 25.0 Å². The van der Waals surface area contributed by atoms with Gasteiger partial charge in [-0.15, -0.1) is 0 Å². The molecule has 1 unspecified atom stereocenters. The van der Waals surface area contributed by atoms with E-state index in [2.05, 4.69) is 4.72 Å². The van der Waals surface area contributed by atoms with E-state index in [1.807, 2.05) is 37.3 Å². The molecule has 2 aromatic rings. The van der Waals surface area contributed by atoms with Crippen LogP contribution in [-0.2, 0) is 29.5 Å². The van der Waals surface area contributed by atoms with Crippen LogP contribution in [0.15, 0.2) is 64.4 Å². The summed E-state index contributed by atoms with van der Waals surface area (Å²) >= 11 is 0. The highest BCUT2D eigenvalue weighted by Gasteiger charge is 2.26. The van der Waals surface area contributed by atoms with Gasteiger partial charge in [-0.05, 0) is 43.2 Å². The van der Waals surface area contributed by atoms with Gasteiger partial charge in [-0.3, -0.25) is 0 Å².